The summed E-state index contributed by atoms with van der Waals surface area (Å²) in [5, 5.41) is 6.38. The van der Waals surface area contributed by atoms with Crippen LogP contribution in [0.1, 0.15) is 33.1 Å². The lowest BCUT2D eigenvalue weighted by Gasteiger charge is -2.29. The van der Waals surface area contributed by atoms with E-state index in [1.165, 1.54) is 12.8 Å². The molecule has 4 heteroatoms. The Labute approximate surface area is 120 Å². The highest BCUT2D eigenvalue weighted by Crippen LogP contribution is 2.19. The number of carbonyl (C=O) groups is 1. The normalized spacial score (nSPS) is 22.3. The molecule has 2 unspecified atom stereocenters. The van der Waals surface area contributed by atoms with Gasteiger partial charge in [-0.05, 0) is 56.5 Å². The quantitative estimate of drug-likeness (QED) is 0.869. The summed E-state index contributed by atoms with van der Waals surface area (Å²) in [6, 6.07) is 7.80. The van der Waals surface area contributed by atoms with Crippen LogP contribution in [-0.2, 0) is 4.79 Å². The molecule has 2 rings (SSSR count). The first-order chi connectivity index (χ1) is 9.69. The van der Waals surface area contributed by atoms with Gasteiger partial charge >= 0.3 is 0 Å². The molecule has 2 atom stereocenters. The van der Waals surface area contributed by atoms with Gasteiger partial charge in [-0.15, -0.1) is 0 Å². The van der Waals surface area contributed by atoms with Crippen LogP contribution >= 0.6 is 0 Å². The number of hydrogen-bond donors (Lipinski definition) is 2. The van der Waals surface area contributed by atoms with Crippen LogP contribution in [0.5, 0.6) is 5.75 Å². The lowest BCUT2D eigenvalue weighted by molar-refractivity contribution is -0.117. The van der Waals surface area contributed by atoms with Crippen LogP contribution < -0.4 is 15.4 Å². The van der Waals surface area contributed by atoms with E-state index in [-0.39, 0.29) is 5.91 Å². The molecule has 1 fully saturated rings. The summed E-state index contributed by atoms with van der Waals surface area (Å²) in [6.45, 7) is 5.83. The molecule has 1 heterocycles. The Bertz CT molecular complexity index is 431. The maximum atomic E-state index is 12.1. The fourth-order valence-corrected chi connectivity index (χ4v) is 2.60. The minimum absolute atomic E-state index is 0.0698. The summed E-state index contributed by atoms with van der Waals surface area (Å²) in [5.41, 5.74) is 0.821. The molecular weight excluding hydrogens is 252 g/mol. The van der Waals surface area contributed by atoms with E-state index >= 15 is 0 Å². The molecule has 4 nitrogen and oxygen atoms in total. The molecule has 0 aromatic heterocycles. The van der Waals surface area contributed by atoms with Gasteiger partial charge in [0.2, 0.25) is 5.91 Å². The van der Waals surface area contributed by atoms with Crippen molar-refractivity contribution in [2.45, 2.75) is 39.2 Å². The maximum absolute atomic E-state index is 12.1. The lowest BCUT2D eigenvalue weighted by Crippen LogP contribution is -2.42. The van der Waals surface area contributed by atoms with Crippen molar-refractivity contribution in [1.29, 1.82) is 0 Å². The van der Waals surface area contributed by atoms with Crippen molar-refractivity contribution < 1.29 is 9.53 Å². The van der Waals surface area contributed by atoms with Crippen molar-refractivity contribution in [2.24, 2.45) is 5.92 Å². The van der Waals surface area contributed by atoms with Gasteiger partial charge in [-0.3, -0.25) is 4.79 Å². The molecule has 2 N–H and O–H groups in total. The van der Waals surface area contributed by atoms with Crippen LogP contribution in [0.15, 0.2) is 24.3 Å². The van der Waals surface area contributed by atoms with E-state index in [4.69, 9.17) is 4.74 Å². The molecule has 0 radical (unpaired) electrons. The molecule has 0 saturated carbocycles. The number of nitrogens with one attached hydrogen (secondary N) is 2. The van der Waals surface area contributed by atoms with Gasteiger partial charge in [0.15, 0.2) is 0 Å². The molecule has 20 heavy (non-hydrogen) atoms. The van der Waals surface area contributed by atoms with E-state index < -0.39 is 0 Å². The van der Waals surface area contributed by atoms with Crippen LogP contribution in [0.2, 0.25) is 0 Å². The number of ether oxygens (including phenoxy) is 1. The minimum atomic E-state index is 0.0698. The van der Waals surface area contributed by atoms with Gasteiger partial charge in [-0.25, -0.2) is 0 Å². The number of hydrogen-bond acceptors (Lipinski definition) is 3. The molecule has 1 aromatic carbocycles. The Kier molecular flexibility index (Phi) is 5.41. The largest absolute Gasteiger partial charge is 0.494 e. The number of rotatable bonds is 5. The number of carbonyl (C=O) groups excluding carboxylic acids is 1. The van der Waals surface area contributed by atoms with Gasteiger partial charge in [0.25, 0.3) is 0 Å². The lowest BCUT2D eigenvalue weighted by atomic mass is 9.90. The predicted molar refractivity (Wildman–Crippen MR) is 81.0 cm³/mol. The zero-order chi connectivity index (χ0) is 14.4. The van der Waals surface area contributed by atoms with Crippen LogP contribution in [0.25, 0.3) is 0 Å². The zero-order valence-electron chi connectivity index (χ0n) is 12.3. The maximum Gasteiger partial charge on any atom is 0.225 e. The molecule has 1 aromatic rings. The van der Waals surface area contributed by atoms with E-state index in [0.717, 1.165) is 18.0 Å². The second kappa shape index (κ2) is 7.29. The predicted octanol–water partition coefficient (Wildman–Crippen LogP) is 2.80. The van der Waals surface area contributed by atoms with Crippen LogP contribution in [-0.4, -0.2) is 25.1 Å². The molecule has 0 spiro atoms. The Morgan fingerprint density at radius 2 is 2.15 bits per heavy atom. The van der Waals surface area contributed by atoms with E-state index in [2.05, 4.69) is 17.6 Å². The topological polar surface area (TPSA) is 50.4 Å². The second-order valence-electron chi connectivity index (χ2n) is 5.39. The van der Waals surface area contributed by atoms with Crippen LogP contribution in [0.3, 0.4) is 0 Å². The minimum Gasteiger partial charge on any atom is -0.494 e. The molecule has 0 bridgehead atoms. The van der Waals surface area contributed by atoms with Gasteiger partial charge in [0.1, 0.15) is 5.75 Å². The molecule has 110 valence electrons. The zero-order valence-corrected chi connectivity index (χ0v) is 12.3. The summed E-state index contributed by atoms with van der Waals surface area (Å²) >= 11 is 0. The van der Waals surface area contributed by atoms with Crippen molar-refractivity contribution in [3.63, 3.8) is 0 Å². The SMILES string of the molecule is CCOc1ccc(NC(=O)CC2NCCCC2C)cc1. The number of anilines is 1. The fraction of sp³-hybridized carbons (Fsp3) is 0.562. The summed E-state index contributed by atoms with van der Waals surface area (Å²) < 4.78 is 5.38. The van der Waals surface area contributed by atoms with E-state index in [1.54, 1.807) is 0 Å². The highest BCUT2D eigenvalue weighted by molar-refractivity contribution is 5.91. The average molecular weight is 276 g/mol. The fourth-order valence-electron chi connectivity index (χ4n) is 2.60. The van der Waals surface area contributed by atoms with E-state index in [1.807, 2.05) is 31.2 Å². The highest BCUT2D eigenvalue weighted by Gasteiger charge is 2.23. The van der Waals surface area contributed by atoms with Gasteiger partial charge in [0.05, 0.1) is 6.61 Å². The molecular formula is C16H24N2O2. The van der Waals surface area contributed by atoms with Crippen molar-refractivity contribution in [2.75, 3.05) is 18.5 Å². The summed E-state index contributed by atoms with van der Waals surface area (Å²) in [5.74, 6) is 1.46. The molecule has 1 saturated heterocycles. The molecule has 0 aliphatic carbocycles. The van der Waals surface area contributed by atoms with E-state index in [9.17, 15) is 4.79 Å². The Hall–Kier alpha value is -1.55. The van der Waals surface area contributed by atoms with Gasteiger partial charge in [0, 0.05) is 18.2 Å². The third-order valence-corrected chi connectivity index (χ3v) is 3.78. The molecule has 1 aliphatic heterocycles. The smallest absolute Gasteiger partial charge is 0.225 e. The van der Waals surface area contributed by atoms with Crippen molar-refractivity contribution in [1.82, 2.24) is 5.32 Å². The second-order valence-corrected chi connectivity index (χ2v) is 5.39. The average Bonchev–Trinajstić information content (AvgIpc) is 2.44. The van der Waals surface area contributed by atoms with Gasteiger partial charge < -0.3 is 15.4 Å². The summed E-state index contributed by atoms with van der Waals surface area (Å²) in [7, 11) is 0. The monoisotopic (exact) mass is 276 g/mol. The molecule has 1 amide bonds. The Morgan fingerprint density at radius 1 is 1.40 bits per heavy atom. The van der Waals surface area contributed by atoms with Crippen molar-refractivity contribution >= 4 is 11.6 Å². The summed E-state index contributed by atoms with van der Waals surface area (Å²) in [4.78, 5) is 12.1. The van der Waals surface area contributed by atoms with Crippen molar-refractivity contribution in [3.8, 4) is 5.75 Å². The number of benzene rings is 1. The van der Waals surface area contributed by atoms with Crippen LogP contribution in [0.4, 0.5) is 5.69 Å². The van der Waals surface area contributed by atoms with E-state index in [0.29, 0.717) is 25.0 Å². The first-order valence-electron chi connectivity index (χ1n) is 7.45. The summed E-state index contributed by atoms with van der Waals surface area (Å²) in [6.07, 6.45) is 2.94. The standard InChI is InChI=1S/C16H24N2O2/c1-3-20-14-8-6-13(7-9-14)18-16(19)11-15-12(2)5-4-10-17-15/h6-9,12,15,17H,3-5,10-11H2,1-2H3,(H,18,19). The van der Waals surface area contributed by atoms with Gasteiger partial charge in [-0.2, -0.15) is 0 Å². The highest BCUT2D eigenvalue weighted by atomic mass is 16.5. The Balaban J connectivity index is 1.84. The third kappa shape index (κ3) is 4.23. The number of piperidine rings is 1. The van der Waals surface area contributed by atoms with Crippen LogP contribution in [0, 0.1) is 5.92 Å². The first kappa shape index (κ1) is 14.9. The first-order valence-corrected chi connectivity index (χ1v) is 7.45. The Morgan fingerprint density at radius 3 is 2.80 bits per heavy atom. The molecule has 1 aliphatic rings. The van der Waals surface area contributed by atoms with Gasteiger partial charge in [-0.1, -0.05) is 6.92 Å². The number of amides is 1. The van der Waals surface area contributed by atoms with Crippen molar-refractivity contribution in [3.05, 3.63) is 24.3 Å². The third-order valence-electron chi connectivity index (χ3n) is 3.78.